The van der Waals surface area contributed by atoms with Gasteiger partial charge in [0, 0.05) is 18.2 Å². The number of piperidine rings is 1. The van der Waals surface area contributed by atoms with E-state index in [4.69, 9.17) is 4.74 Å². The van der Waals surface area contributed by atoms with Crippen LogP contribution in [0.2, 0.25) is 0 Å². The lowest BCUT2D eigenvalue weighted by molar-refractivity contribution is 0.0912. The molecule has 1 aromatic rings. The lowest BCUT2D eigenvalue weighted by Gasteiger charge is -2.32. The molecule has 1 atom stereocenters. The summed E-state index contributed by atoms with van der Waals surface area (Å²) in [7, 11) is -2.46. The van der Waals surface area contributed by atoms with Gasteiger partial charge in [-0.05, 0) is 44.9 Å². The van der Waals surface area contributed by atoms with Gasteiger partial charge in [0.15, 0.2) is 0 Å². The van der Waals surface area contributed by atoms with Crippen molar-refractivity contribution in [1.82, 2.24) is 15.2 Å². The Labute approximate surface area is 159 Å². The van der Waals surface area contributed by atoms with Crippen molar-refractivity contribution < 1.29 is 27.5 Å². The monoisotopic (exact) mass is 399 g/mol. The lowest BCUT2D eigenvalue weighted by Crippen LogP contribution is -2.43. The molecule has 9 nitrogen and oxygen atoms in total. The van der Waals surface area contributed by atoms with Crippen LogP contribution in [-0.4, -0.2) is 51.0 Å². The molecule has 0 aromatic heterocycles. The largest absolute Gasteiger partial charge is 0.495 e. The Balaban J connectivity index is 2.29. The number of amides is 2. The van der Waals surface area contributed by atoms with Gasteiger partial charge < -0.3 is 9.47 Å². The molecule has 1 aliphatic heterocycles. The van der Waals surface area contributed by atoms with E-state index in [1.165, 1.54) is 29.6 Å². The molecule has 1 heterocycles. The van der Waals surface area contributed by atoms with Crippen LogP contribution in [0.4, 0.5) is 4.79 Å². The third-order valence-corrected chi connectivity index (χ3v) is 6.34. The van der Waals surface area contributed by atoms with Gasteiger partial charge in [-0.1, -0.05) is 6.42 Å². The van der Waals surface area contributed by atoms with Crippen LogP contribution in [0.5, 0.6) is 5.75 Å². The summed E-state index contributed by atoms with van der Waals surface area (Å²) in [6, 6.07) is 3.95. The van der Waals surface area contributed by atoms with E-state index < -0.39 is 22.0 Å². The molecule has 1 fully saturated rings. The van der Waals surface area contributed by atoms with E-state index in [0.29, 0.717) is 6.54 Å². The van der Waals surface area contributed by atoms with Crippen molar-refractivity contribution in [1.29, 1.82) is 0 Å². The number of carbonyl (C=O) groups excluding carboxylic acids is 2. The molecule has 1 aliphatic rings. The van der Waals surface area contributed by atoms with Gasteiger partial charge in [-0.2, -0.15) is 4.31 Å². The second-order valence-electron chi connectivity index (χ2n) is 6.13. The quantitative estimate of drug-likeness (QED) is 0.728. The number of rotatable bonds is 5. The average Bonchev–Trinajstić information content (AvgIpc) is 2.66. The summed E-state index contributed by atoms with van der Waals surface area (Å²) < 4.78 is 37.5. The van der Waals surface area contributed by atoms with Crippen molar-refractivity contribution in [3.8, 4) is 5.75 Å². The topological polar surface area (TPSA) is 114 Å². The number of hydrogen-bond donors (Lipinski definition) is 2. The number of carbonyl (C=O) groups is 2. The van der Waals surface area contributed by atoms with Crippen LogP contribution >= 0.6 is 0 Å². The Morgan fingerprint density at radius 1 is 1.26 bits per heavy atom. The molecule has 1 unspecified atom stereocenters. The number of benzene rings is 1. The smallest absolute Gasteiger partial charge is 0.426 e. The molecule has 2 amide bonds. The van der Waals surface area contributed by atoms with Crippen LogP contribution in [0.3, 0.4) is 0 Å². The third kappa shape index (κ3) is 4.89. The van der Waals surface area contributed by atoms with Gasteiger partial charge in [-0.25, -0.2) is 18.6 Å². The maximum atomic E-state index is 13.1. The van der Waals surface area contributed by atoms with Gasteiger partial charge in [-0.15, -0.1) is 0 Å². The van der Waals surface area contributed by atoms with Gasteiger partial charge in [0.05, 0.1) is 13.7 Å². The number of hydrogen-bond acceptors (Lipinski definition) is 6. The summed E-state index contributed by atoms with van der Waals surface area (Å²) in [6.07, 6.45) is 1.74. The molecule has 2 N–H and O–H groups in total. The first-order chi connectivity index (χ1) is 12.8. The number of nitrogens with one attached hydrogen (secondary N) is 2. The highest BCUT2D eigenvalue weighted by Gasteiger charge is 2.33. The molecular weight excluding hydrogens is 374 g/mol. The summed E-state index contributed by atoms with van der Waals surface area (Å²) in [4.78, 5) is 23.4. The summed E-state index contributed by atoms with van der Waals surface area (Å²) in [5, 5.41) is 0. The second kappa shape index (κ2) is 9.05. The minimum Gasteiger partial charge on any atom is -0.495 e. The Morgan fingerprint density at radius 3 is 2.63 bits per heavy atom. The summed E-state index contributed by atoms with van der Waals surface area (Å²) in [5.41, 5.74) is 4.33. The predicted molar refractivity (Wildman–Crippen MR) is 97.8 cm³/mol. The second-order valence-corrected chi connectivity index (χ2v) is 7.98. The van der Waals surface area contributed by atoms with Crippen LogP contribution in [0.25, 0.3) is 0 Å². The summed E-state index contributed by atoms with van der Waals surface area (Å²) in [5.74, 6) is -0.517. The van der Waals surface area contributed by atoms with Crippen LogP contribution < -0.4 is 15.6 Å². The van der Waals surface area contributed by atoms with E-state index in [9.17, 15) is 18.0 Å². The molecule has 0 aliphatic carbocycles. The number of methoxy groups -OCH3 is 1. The Hall–Kier alpha value is -2.33. The van der Waals surface area contributed by atoms with E-state index in [0.717, 1.165) is 19.3 Å². The maximum Gasteiger partial charge on any atom is 0.426 e. The SMILES string of the molecule is CCOC(=O)NNC(=O)c1ccc(OC)c(S(=O)(=O)N2CCCCC2C)c1. The molecular formula is C17H25N3O6S. The third-order valence-electron chi connectivity index (χ3n) is 4.31. The highest BCUT2D eigenvalue weighted by molar-refractivity contribution is 7.89. The number of nitrogens with zero attached hydrogens (tertiary/aromatic N) is 1. The van der Waals surface area contributed by atoms with Crippen molar-refractivity contribution in [2.45, 2.75) is 44.0 Å². The predicted octanol–water partition coefficient (Wildman–Crippen LogP) is 1.65. The van der Waals surface area contributed by atoms with E-state index in [1.54, 1.807) is 6.92 Å². The fraction of sp³-hybridized carbons (Fsp3) is 0.529. The number of ether oxygens (including phenoxy) is 2. The van der Waals surface area contributed by atoms with Gasteiger partial charge in [0.2, 0.25) is 10.0 Å². The van der Waals surface area contributed by atoms with Crippen molar-refractivity contribution in [2.24, 2.45) is 0 Å². The summed E-state index contributed by atoms with van der Waals surface area (Å²) >= 11 is 0. The van der Waals surface area contributed by atoms with E-state index in [1.807, 2.05) is 6.92 Å². The standard InChI is InChI=1S/C17H25N3O6S/c1-4-26-17(22)19-18-16(21)13-8-9-14(25-3)15(11-13)27(23,24)20-10-6-5-7-12(20)2/h8-9,11-12H,4-7,10H2,1-3H3,(H,18,21)(H,19,22). The molecule has 1 saturated heterocycles. The number of hydrazine groups is 1. The molecule has 27 heavy (non-hydrogen) atoms. The first-order valence-electron chi connectivity index (χ1n) is 8.74. The first kappa shape index (κ1) is 21.0. The molecule has 150 valence electrons. The fourth-order valence-corrected chi connectivity index (χ4v) is 4.80. The number of sulfonamides is 1. The Bertz CT molecular complexity index is 796. The molecule has 0 radical (unpaired) electrons. The van der Waals surface area contributed by atoms with Gasteiger partial charge in [0.25, 0.3) is 5.91 Å². The van der Waals surface area contributed by atoms with E-state index >= 15 is 0 Å². The molecule has 0 spiro atoms. The molecule has 0 bridgehead atoms. The maximum absolute atomic E-state index is 13.1. The van der Waals surface area contributed by atoms with Crippen LogP contribution in [0.15, 0.2) is 23.1 Å². The highest BCUT2D eigenvalue weighted by atomic mass is 32.2. The molecule has 10 heteroatoms. The average molecular weight is 399 g/mol. The van der Waals surface area contributed by atoms with E-state index in [2.05, 4.69) is 15.6 Å². The van der Waals surface area contributed by atoms with Gasteiger partial charge >= 0.3 is 6.09 Å². The lowest BCUT2D eigenvalue weighted by atomic mass is 10.1. The van der Waals surface area contributed by atoms with Crippen molar-refractivity contribution in [3.05, 3.63) is 23.8 Å². The summed E-state index contributed by atoms with van der Waals surface area (Å²) in [6.45, 7) is 4.07. The fourth-order valence-electron chi connectivity index (χ4n) is 2.92. The first-order valence-corrected chi connectivity index (χ1v) is 10.2. The van der Waals surface area contributed by atoms with E-state index in [-0.39, 0.29) is 28.9 Å². The van der Waals surface area contributed by atoms with Crippen molar-refractivity contribution in [2.75, 3.05) is 20.3 Å². The minimum atomic E-state index is -3.83. The van der Waals surface area contributed by atoms with Gasteiger partial charge in [-0.3, -0.25) is 10.2 Å². The zero-order chi connectivity index (χ0) is 20.0. The Kier molecular flexibility index (Phi) is 7.03. The van der Waals surface area contributed by atoms with Gasteiger partial charge in [0.1, 0.15) is 10.6 Å². The zero-order valence-corrected chi connectivity index (χ0v) is 16.5. The normalized spacial score (nSPS) is 17.8. The zero-order valence-electron chi connectivity index (χ0n) is 15.6. The molecule has 1 aromatic carbocycles. The van der Waals surface area contributed by atoms with Crippen molar-refractivity contribution in [3.63, 3.8) is 0 Å². The van der Waals surface area contributed by atoms with Crippen LogP contribution in [-0.2, 0) is 14.8 Å². The van der Waals surface area contributed by atoms with Crippen LogP contribution in [0.1, 0.15) is 43.5 Å². The molecule has 2 rings (SSSR count). The van der Waals surface area contributed by atoms with Crippen molar-refractivity contribution >= 4 is 22.0 Å². The minimum absolute atomic E-state index is 0.0656. The Morgan fingerprint density at radius 2 is 2.00 bits per heavy atom. The molecule has 0 saturated carbocycles. The van der Waals surface area contributed by atoms with Crippen LogP contribution in [0, 0.1) is 0 Å². The highest BCUT2D eigenvalue weighted by Crippen LogP contribution is 2.31.